The molecule has 23 heavy (non-hydrogen) atoms. The molecule has 0 saturated carbocycles. The van der Waals surface area contributed by atoms with Crippen molar-refractivity contribution >= 4 is 33.8 Å². The molecule has 1 atom stereocenters. The second kappa shape index (κ2) is 6.42. The minimum atomic E-state index is -0.944. The van der Waals surface area contributed by atoms with Crippen LogP contribution < -0.4 is 0 Å². The van der Waals surface area contributed by atoms with Gasteiger partial charge in [0.25, 0.3) is 5.91 Å². The molecule has 6 nitrogen and oxygen atoms in total. The zero-order valence-electron chi connectivity index (χ0n) is 14.8. The molecule has 1 heterocycles. The normalized spacial score (nSPS) is 20.8. The highest BCUT2D eigenvalue weighted by atomic mass is 79.9. The van der Waals surface area contributed by atoms with Crippen LogP contribution in [0.15, 0.2) is 0 Å². The predicted octanol–water partition coefficient (Wildman–Crippen LogP) is 2.95. The number of halogens is 1. The number of alkyl halides is 1. The van der Waals surface area contributed by atoms with Gasteiger partial charge in [0.15, 0.2) is 0 Å². The molecule has 0 aromatic heterocycles. The van der Waals surface area contributed by atoms with Crippen LogP contribution in [0.5, 0.6) is 0 Å². The van der Waals surface area contributed by atoms with Crippen molar-refractivity contribution in [3.05, 3.63) is 0 Å². The summed E-state index contributed by atoms with van der Waals surface area (Å²) < 4.78 is 0. The Hall–Kier alpha value is -1.11. The topological polar surface area (TPSA) is 77.9 Å². The van der Waals surface area contributed by atoms with E-state index in [4.69, 9.17) is 0 Å². The van der Waals surface area contributed by atoms with Gasteiger partial charge in [0, 0.05) is 18.9 Å². The number of nitrogens with zero attached hydrogens (tertiary/aromatic N) is 2. The summed E-state index contributed by atoms with van der Waals surface area (Å²) in [6, 6.07) is -0.324. The second-order valence-corrected chi connectivity index (χ2v) is 8.29. The number of hydrogen-bond acceptors (Lipinski definition) is 3. The van der Waals surface area contributed by atoms with Crippen molar-refractivity contribution in [1.29, 1.82) is 0 Å². The summed E-state index contributed by atoms with van der Waals surface area (Å²) >= 11 is 3.34. The average molecular weight is 391 g/mol. The summed E-state index contributed by atoms with van der Waals surface area (Å²) in [7, 11) is 1.61. The number of likely N-dealkylation sites (N-methyl/N-ethyl adjacent to an activating group) is 1. The van der Waals surface area contributed by atoms with E-state index in [1.807, 2.05) is 20.8 Å². The summed E-state index contributed by atoms with van der Waals surface area (Å²) in [6.07, 6.45) is 0.842. The fourth-order valence-electron chi connectivity index (χ4n) is 2.84. The number of imide groups is 1. The first kappa shape index (κ1) is 19.9. The van der Waals surface area contributed by atoms with E-state index in [-0.39, 0.29) is 18.5 Å². The van der Waals surface area contributed by atoms with Gasteiger partial charge in [-0.15, -0.1) is 0 Å². The third-order valence-corrected chi connectivity index (χ3v) is 6.14. The van der Waals surface area contributed by atoms with Gasteiger partial charge in [0.1, 0.15) is 5.54 Å². The van der Waals surface area contributed by atoms with Crippen LogP contribution in [0.3, 0.4) is 0 Å². The van der Waals surface area contributed by atoms with Crippen LogP contribution in [-0.4, -0.2) is 57.3 Å². The van der Waals surface area contributed by atoms with Gasteiger partial charge in [0.2, 0.25) is 0 Å². The highest BCUT2D eigenvalue weighted by Gasteiger charge is 2.50. The van der Waals surface area contributed by atoms with Gasteiger partial charge in [-0.05, 0) is 32.1 Å². The molecule has 0 aromatic rings. The summed E-state index contributed by atoms with van der Waals surface area (Å²) in [5.41, 5.74) is -2.24. The molecular formula is C16H27BrN2O4. The standard InChI is InChI=1S/C16H27BrN2O4/c1-14(2,3)16(10-17,12(21)22)8-7-9-19-11(20)15(4,5)18(6)13(19)23/h7-10H2,1-6H3,(H,21,22). The summed E-state index contributed by atoms with van der Waals surface area (Å²) in [6.45, 7) is 9.34. The first-order valence-electron chi connectivity index (χ1n) is 7.72. The smallest absolute Gasteiger partial charge is 0.327 e. The molecule has 1 N–H and O–H groups in total. The van der Waals surface area contributed by atoms with Gasteiger partial charge in [-0.2, -0.15) is 0 Å². The van der Waals surface area contributed by atoms with Crippen molar-refractivity contribution in [2.75, 3.05) is 18.9 Å². The number of urea groups is 1. The van der Waals surface area contributed by atoms with E-state index in [1.54, 1.807) is 20.9 Å². The van der Waals surface area contributed by atoms with E-state index < -0.39 is 22.3 Å². The molecule has 0 spiro atoms. The maximum atomic E-state index is 12.3. The highest BCUT2D eigenvalue weighted by Crippen LogP contribution is 2.44. The SMILES string of the molecule is CN1C(=O)N(CCCC(CBr)(C(=O)O)C(C)(C)C)C(=O)C1(C)C. The van der Waals surface area contributed by atoms with E-state index in [2.05, 4.69) is 15.9 Å². The molecule has 1 saturated heterocycles. The van der Waals surface area contributed by atoms with Crippen LogP contribution in [0.4, 0.5) is 4.79 Å². The fourth-order valence-corrected chi connectivity index (χ4v) is 4.21. The third-order valence-electron chi connectivity index (χ3n) is 5.18. The maximum Gasteiger partial charge on any atom is 0.327 e. The molecule has 1 aliphatic rings. The molecule has 0 radical (unpaired) electrons. The molecule has 0 aromatic carbocycles. The Morgan fingerprint density at radius 3 is 2.09 bits per heavy atom. The van der Waals surface area contributed by atoms with E-state index in [9.17, 15) is 19.5 Å². The number of rotatable bonds is 6. The zero-order chi connectivity index (χ0) is 18.2. The van der Waals surface area contributed by atoms with Gasteiger partial charge in [-0.25, -0.2) is 4.79 Å². The van der Waals surface area contributed by atoms with E-state index >= 15 is 0 Å². The third kappa shape index (κ3) is 3.25. The van der Waals surface area contributed by atoms with Crippen LogP contribution in [0.2, 0.25) is 0 Å². The van der Waals surface area contributed by atoms with Crippen LogP contribution in [0.25, 0.3) is 0 Å². The molecule has 0 bridgehead atoms. The second-order valence-electron chi connectivity index (χ2n) is 7.73. The first-order chi connectivity index (χ1) is 10.3. The Bertz CT molecular complexity index is 513. The fraction of sp³-hybridized carbons (Fsp3) is 0.812. The van der Waals surface area contributed by atoms with Crippen molar-refractivity contribution in [3.8, 4) is 0 Å². The molecular weight excluding hydrogens is 364 g/mol. The maximum absolute atomic E-state index is 12.3. The number of carboxylic acid groups (broad SMARTS) is 1. The monoisotopic (exact) mass is 390 g/mol. The van der Waals surface area contributed by atoms with Crippen LogP contribution >= 0.6 is 15.9 Å². The van der Waals surface area contributed by atoms with Crippen molar-refractivity contribution in [2.45, 2.75) is 53.0 Å². The van der Waals surface area contributed by atoms with E-state index in [1.165, 1.54) is 9.80 Å². The molecule has 7 heteroatoms. The molecule has 1 fully saturated rings. The van der Waals surface area contributed by atoms with Crippen molar-refractivity contribution < 1.29 is 19.5 Å². The lowest BCUT2D eigenvalue weighted by atomic mass is 9.65. The predicted molar refractivity (Wildman–Crippen MR) is 91.5 cm³/mol. The van der Waals surface area contributed by atoms with E-state index in [0.717, 1.165) is 0 Å². The lowest BCUT2D eigenvalue weighted by Gasteiger charge is -2.40. The molecule has 1 unspecified atom stereocenters. The minimum Gasteiger partial charge on any atom is -0.481 e. The number of aliphatic carboxylic acids is 1. The molecule has 1 aliphatic heterocycles. The number of hydrogen-bond donors (Lipinski definition) is 1. The summed E-state index contributed by atoms with van der Waals surface area (Å²) in [4.78, 5) is 39.0. The van der Waals surface area contributed by atoms with Crippen LogP contribution in [0, 0.1) is 10.8 Å². The lowest BCUT2D eigenvalue weighted by molar-refractivity contribution is -0.154. The van der Waals surface area contributed by atoms with Gasteiger partial charge in [-0.1, -0.05) is 36.7 Å². The van der Waals surface area contributed by atoms with Gasteiger partial charge in [-0.3, -0.25) is 14.5 Å². The summed E-state index contributed by atoms with van der Waals surface area (Å²) in [5, 5.41) is 10.0. The molecule has 132 valence electrons. The van der Waals surface area contributed by atoms with Crippen LogP contribution in [0.1, 0.15) is 47.5 Å². The Labute approximate surface area is 146 Å². The first-order valence-corrected chi connectivity index (χ1v) is 8.84. The van der Waals surface area contributed by atoms with Gasteiger partial charge < -0.3 is 10.0 Å². The Morgan fingerprint density at radius 1 is 1.26 bits per heavy atom. The molecule has 3 amide bonds. The number of amides is 3. The largest absolute Gasteiger partial charge is 0.481 e. The molecule has 0 aliphatic carbocycles. The highest BCUT2D eigenvalue weighted by molar-refractivity contribution is 9.09. The number of carboxylic acids is 1. The van der Waals surface area contributed by atoms with Gasteiger partial charge in [0.05, 0.1) is 5.41 Å². The van der Waals surface area contributed by atoms with E-state index in [0.29, 0.717) is 18.2 Å². The number of carbonyl (C=O) groups is 3. The quantitative estimate of drug-likeness (QED) is 0.558. The van der Waals surface area contributed by atoms with Gasteiger partial charge >= 0.3 is 12.0 Å². The average Bonchev–Trinajstić information content (AvgIpc) is 2.56. The Balaban J connectivity index is 2.85. The van der Waals surface area contributed by atoms with Crippen LogP contribution in [-0.2, 0) is 9.59 Å². The zero-order valence-corrected chi connectivity index (χ0v) is 16.4. The number of carbonyl (C=O) groups excluding carboxylic acids is 2. The Morgan fingerprint density at radius 2 is 1.78 bits per heavy atom. The minimum absolute atomic E-state index is 0.236. The Kier molecular flexibility index (Phi) is 5.56. The van der Waals surface area contributed by atoms with Crippen molar-refractivity contribution in [1.82, 2.24) is 9.80 Å². The molecule has 1 rings (SSSR count). The van der Waals surface area contributed by atoms with Crippen molar-refractivity contribution in [2.24, 2.45) is 10.8 Å². The van der Waals surface area contributed by atoms with Crippen molar-refractivity contribution in [3.63, 3.8) is 0 Å². The summed E-state index contributed by atoms with van der Waals surface area (Å²) in [5.74, 6) is -1.10. The lowest BCUT2D eigenvalue weighted by Crippen LogP contribution is -2.45.